The first-order valence-electron chi connectivity index (χ1n) is 13.1. The normalized spacial score (nSPS) is 25.8. The van der Waals surface area contributed by atoms with Crippen LogP contribution in [0.25, 0.3) is 22.4 Å². The van der Waals surface area contributed by atoms with Crippen molar-refractivity contribution in [3.8, 4) is 11.4 Å². The standard InChI is InChI=1S/C26H34N8O2/c1-2-34-25-22(13-28-34)24(33-14-20-11-12-21(15-33)36-20)31-23(32-25)16-3-7-18(8-4-16)29-26(35)30-19-9-5-17(27)6-10-19/h3-4,7-8,13,17,19-21H,2,5-6,9-12,14-15,27H2,1H3,(H2,29,30,35)/t17?,19?,20-,21+. The monoisotopic (exact) mass is 490 g/mol. The molecule has 2 atom stereocenters. The van der Waals surface area contributed by atoms with Crippen molar-refractivity contribution in [2.75, 3.05) is 23.3 Å². The molecule has 3 fully saturated rings. The summed E-state index contributed by atoms with van der Waals surface area (Å²) in [6, 6.07) is 7.95. The van der Waals surface area contributed by atoms with Crippen molar-refractivity contribution in [1.82, 2.24) is 25.1 Å². The fourth-order valence-electron chi connectivity index (χ4n) is 5.65. The smallest absolute Gasteiger partial charge is 0.319 e. The number of hydrogen-bond acceptors (Lipinski definition) is 7. The summed E-state index contributed by atoms with van der Waals surface area (Å²) in [5.74, 6) is 1.57. The average molecular weight is 491 g/mol. The summed E-state index contributed by atoms with van der Waals surface area (Å²) in [4.78, 5) is 24.7. The molecule has 3 aromatic rings. The number of aryl methyl sites for hydroxylation is 1. The molecule has 10 heteroatoms. The number of ether oxygens (including phenoxy) is 1. The Morgan fingerprint density at radius 2 is 1.78 bits per heavy atom. The Morgan fingerprint density at radius 3 is 2.47 bits per heavy atom. The van der Waals surface area contributed by atoms with E-state index in [0.29, 0.717) is 5.82 Å². The maximum absolute atomic E-state index is 12.5. The van der Waals surface area contributed by atoms with Crippen LogP contribution in [0, 0.1) is 0 Å². The van der Waals surface area contributed by atoms with E-state index < -0.39 is 0 Å². The van der Waals surface area contributed by atoms with Crippen LogP contribution >= 0.6 is 0 Å². The lowest BCUT2D eigenvalue weighted by Crippen LogP contribution is -2.43. The molecular formula is C26H34N8O2. The average Bonchev–Trinajstić information content (AvgIpc) is 3.46. The molecular weight excluding hydrogens is 456 g/mol. The van der Waals surface area contributed by atoms with E-state index in [1.165, 1.54) is 0 Å². The van der Waals surface area contributed by atoms with Gasteiger partial charge in [0.15, 0.2) is 11.5 Å². The maximum Gasteiger partial charge on any atom is 0.319 e. The molecule has 2 aromatic heterocycles. The zero-order chi connectivity index (χ0) is 24.6. The van der Waals surface area contributed by atoms with E-state index in [1.54, 1.807) is 0 Å². The van der Waals surface area contributed by atoms with Crippen LogP contribution in [0.4, 0.5) is 16.3 Å². The van der Waals surface area contributed by atoms with Crippen LogP contribution in [0.3, 0.4) is 0 Å². The lowest BCUT2D eigenvalue weighted by atomic mass is 9.92. The number of carbonyl (C=O) groups excluding carboxylic acids is 1. The summed E-state index contributed by atoms with van der Waals surface area (Å²) in [6.07, 6.45) is 8.37. The van der Waals surface area contributed by atoms with Gasteiger partial charge in [-0.25, -0.2) is 19.4 Å². The van der Waals surface area contributed by atoms with Crippen molar-refractivity contribution in [2.24, 2.45) is 5.73 Å². The summed E-state index contributed by atoms with van der Waals surface area (Å²) in [5, 5.41) is 11.5. The van der Waals surface area contributed by atoms with E-state index in [-0.39, 0.29) is 30.3 Å². The maximum atomic E-state index is 12.5. The molecule has 0 unspecified atom stereocenters. The highest BCUT2D eigenvalue weighted by atomic mass is 16.5. The number of fused-ring (bicyclic) bond motifs is 3. The van der Waals surface area contributed by atoms with Crippen LogP contribution < -0.4 is 21.3 Å². The van der Waals surface area contributed by atoms with Crippen LogP contribution in [0.1, 0.15) is 45.4 Å². The fourth-order valence-corrected chi connectivity index (χ4v) is 5.65. The number of nitrogens with zero attached hydrogens (tertiary/aromatic N) is 5. The van der Waals surface area contributed by atoms with E-state index in [9.17, 15) is 4.79 Å². The molecule has 4 heterocycles. The van der Waals surface area contributed by atoms with E-state index in [4.69, 9.17) is 20.4 Å². The van der Waals surface area contributed by atoms with E-state index in [2.05, 4.69) is 27.6 Å². The predicted octanol–water partition coefficient (Wildman–Crippen LogP) is 3.27. The Kier molecular flexibility index (Phi) is 6.22. The minimum absolute atomic E-state index is 0.182. The topological polar surface area (TPSA) is 123 Å². The van der Waals surface area contributed by atoms with Gasteiger partial charge in [-0.15, -0.1) is 0 Å². The predicted molar refractivity (Wildman–Crippen MR) is 139 cm³/mol. The lowest BCUT2D eigenvalue weighted by molar-refractivity contribution is 0.0303. The second-order valence-corrected chi connectivity index (χ2v) is 10.2. The molecule has 2 saturated heterocycles. The van der Waals surface area contributed by atoms with Crippen molar-refractivity contribution >= 4 is 28.6 Å². The second kappa shape index (κ2) is 9.67. The SMILES string of the molecule is CCn1ncc2c(N3C[C@H]4CC[C@@H](C3)O4)nc(-c3ccc(NC(=O)NC4CCC(N)CC4)cc3)nc21. The second-order valence-electron chi connectivity index (χ2n) is 10.2. The van der Waals surface area contributed by atoms with Crippen LogP contribution in [0.15, 0.2) is 30.5 Å². The molecule has 1 saturated carbocycles. The number of nitrogens with one attached hydrogen (secondary N) is 2. The molecule has 10 nitrogen and oxygen atoms in total. The summed E-state index contributed by atoms with van der Waals surface area (Å²) in [7, 11) is 0. The van der Waals surface area contributed by atoms with Crippen molar-refractivity contribution in [3.63, 3.8) is 0 Å². The quantitative estimate of drug-likeness (QED) is 0.501. The number of urea groups is 1. The molecule has 0 radical (unpaired) electrons. The number of morpholine rings is 1. The van der Waals surface area contributed by atoms with Crippen molar-refractivity contribution in [2.45, 2.75) is 76.3 Å². The Balaban J connectivity index is 1.22. The van der Waals surface area contributed by atoms with Crippen molar-refractivity contribution in [1.29, 1.82) is 0 Å². The Bertz CT molecular complexity index is 1220. The molecule has 190 valence electrons. The van der Waals surface area contributed by atoms with Gasteiger partial charge in [0.05, 0.1) is 23.8 Å². The van der Waals surface area contributed by atoms with Crippen LogP contribution in [0.2, 0.25) is 0 Å². The summed E-state index contributed by atoms with van der Waals surface area (Å²) in [5.41, 5.74) is 8.43. The Hall–Kier alpha value is -3.24. The number of aromatic nitrogens is 4. The zero-order valence-electron chi connectivity index (χ0n) is 20.7. The molecule has 36 heavy (non-hydrogen) atoms. The third-order valence-corrected chi connectivity index (χ3v) is 7.63. The third kappa shape index (κ3) is 4.62. The van der Waals surface area contributed by atoms with E-state index in [0.717, 1.165) is 86.3 Å². The van der Waals surface area contributed by atoms with Crippen molar-refractivity contribution in [3.05, 3.63) is 30.5 Å². The van der Waals surface area contributed by atoms with Crippen LogP contribution in [-0.2, 0) is 11.3 Å². The first-order chi connectivity index (χ1) is 17.6. The number of nitrogens with two attached hydrogens (primary N) is 1. The molecule has 2 aliphatic heterocycles. The molecule has 0 spiro atoms. The molecule has 2 amide bonds. The zero-order valence-corrected chi connectivity index (χ0v) is 20.7. The van der Waals surface area contributed by atoms with E-state index >= 15 is 0 Å². The number of amides is 2. The van der Waals surface area contributed by atoms with E-state index in [1.807, 2.05) is 35.1 Å². The van der Waals surface area contributed by atoms with Gasteiger partial charge in [-0.05, 0) is 69.7 Å². The Morgan fingerprint density at radius 1 is 1.06 bits per heavy atom. The van der Waals surface area contributed by atoms with Gasteiger partial charge >= 0.3 is 6.03 Å². The number of anilines is 2. The summed E-state index contributed by atoms with van der Waals surface area (Å²) >= 11 is 0. The molecule has 4 N–H and O–H groups in total. The molecule has 2 bridgehead atoms. The number of carbonyl (C=O) groups is 1. The van der Waals surface area contributed by atoms with Gasteiger partial charge in [-0.3, -0.25) is 0 Å². The minimum Gasteiger partial charge on any atom is -0.371 e. The number of benzene rings is 1. The largest absolute Gasteiger partial charge is 0.371 e. The third-order valence-electron chi connectivity index (χ3n) is 7.63. The molecule has 1 aliphatic carbocycles. The highest BCUT2D eigenvalue weighted by Gasteiger charge is 2.35. The molecule has 6 rings (SSSR count). The number of rotatable bonds is 5. The lowest BCUT2D eigenvalue weighted by Gasteiger charge is -2.33. The van der Waals surface area contributed by atoms with Crippen LogP contribution in [0.5, 0.6) is 0 Å². The minimum atomic E-state index is -0.183. The fraction of sp³-hybridized carbons (Fsp3) is 0.538. The molecule has 1 aromatic carbocycles. The Labute approximate surface area is 210 Å². The molecule has 3 aliphatic rings. The number of hydrogen-bond donors (Lipinski definition) is 3. The van der Waals surface area contributed by atoms with Gasteiger partial charge in [-0.2, -0.15) is 5.10 Å². The van der Waals surface area contributed by atoms with Gasteiger partial charge < -0.3 is 26.0 Å². The van der Waals surface area contributed by atoms with Crippen LogP contribution in [-0.4, -0.2) is 63.2 Å². The van der Waals surface area contributed by atoms with Crippen molar-refractivity contribution < 1.29 is 9.53 Å². The highest BCUT2D eigenvalue weighted by molar-refractivity contribution is 5.90. The first kappa shape index (κ1) is 23.2. The van der Waals surface area contributed by atoms with Gasteiger partial charge in [0.25, 0.3) is 0 Å². The van der Waals surface area contributed by atoms with Gasteiger partial charge in [-0.1, -0.05) is 0 Å². The summed E-state index contributed by atoms with van der Waals surface area (Å²) < 4.78 is 7.96. The van der Waals surface area contributed by atoms with Gasteiger partial charge in [0, 0.05) is 43.0 Å². The summed E-state index contributed by atoms with van der Waals surface area (Å²) in [6.45, 7) is 4.48. The van der Waals surface area contributed by atoms with Gasteiger partial charge in [0.1, 0.15) is 5.82 Å². The highest BCUT2D eigenvalue weighted by Crippen LogP contribution is 2.33. The van der Waals surface area contributed by atoms with Gasteiger partial charge in [0.2, 0.25) is 0 Å². The first-order valence-corrected chi connectivity index (χ1v) is 13.1.